The van der Waals surface area contributed by atoms with Crippen molar-refractivity contribution in [2.24, 2.45) is 4.99 Å². The Morgan fingerprint density at radius 3 is 2.53 bits per heavy atom. The zero-order valence-corrected chi connectivity index (χ0v) is 21.5. The van der Waals surface area contributed by atoms with Crippen LogP contribution >= 0.6 is 0 Å². The molecule has 0 radical (unpaired) electrons. The van der Waals surface area contributed by atoms with Crippen molar-refractivity contribution in [1.82, 2.24) is 24.2 Å². The summed E-state index contributed by atoms with van der Waals surface area (Å²) in [5.74, 6) is -1.21. The molecule has 0 aliphatic carbocycles. The quantitative estimate of drug-likeness (QED) is 0.260. The van der Waals surface area contributed by atoms with Gasteiger partial charge in [-0.05, 0) is 31.0 Å². The first-order valence-electron chi connectivity index (χ1n) is 11.7. The van der Waals surface area contributed by atoms with Crippen molar-refractivity contribution in [2.75, 3.05) is 20.8 Å². The Morgan fingerprint density at radius 1 is 1.21 bits per heavy atom. The number of hydrogen-bond donors (Lipinski definition) is 0. The summed E-state index contributed by atoms with van der Waals surface area (Å²) in [5, 5.41) is 4.31. The molecular weight excluding hydrogens is 505 g/mol. The molecular formula is C25H29F3N6O4. The third-order valence-electron chi connectivity index (χ3n) is 5.30. The van der Waals surface area contributed by atoms with Gasteiger partial charge in [0.15, 0.2) is 17.7 Å². The van der Waals surface area contributed by atoms with Gasteiger partial charge in [0.1, 0.15) is 18.8 Å². The van der Waals surface area contributed by atoms with E-state index in [-0.39, 0.29) is 30.1 Å². The Hall–Kier alpha value is -4.00. The van der Waals surface area contributed by atoms with E-state index in [1.165, 1.54) is 28.8 Å². The summed E-state index contributed by atoms with van der Waals surface area (Å²) in [6.07, 6.45) is -4.14. The van der Waals surface area contributed by atoms with Gasteiger partial charge in [0, 0.05) is 20.6 Å². The second-order valence-electron chi connectivity index (χ2n) is 8.47. The molecule has 10 nitrogen and oxygen atoms in total. The maximum absolute atomic E-state index is 13.3. The van der Waals surface area contributed by atoms with E-state index < -0.39 is 36.7 Å². The number of rotatable bonds is 12. The highest BCUT2D eigenvalue weighted by Crippen LogP contribution is 2.26. The molecule has 1 atom stereocenters. The topological polar surface area (TPSA) is 104 Å². The van der Waals surface area contributed by atoms with Crippen molar-refractivity contribution < 1.29 is 27.4 Å². The molecule has 38 heavy (non-hydrogen) atoms. The van der Waals surface area contributed by atoms with Crippen LogP contribution in [0.15, 0.2) is 46.2 Å². The second kappa shape index (κ2) is 13.0. The van der Waals surface area contributed by atoms with Gasteiger partial charge in [-0.25, -0.2) is 18.0 Å². The molecule has 1 amide bonds. The van der Waals surface area contributed by atoms with Crippen LogP contribution in [0.1, 0.15) is 34.2 Å². The maximum atomic E-state index is 13.3. The van der Waals surface area contributed by atoms with Crippen LogP contribution in [0.3, 0.4) is 0 Å². The van der Waals surface area contributed by atoms with Gasteiger partial charge >= 0.3 is 5.69 Å². The lowest BCUT2D eigenvalue weighted by Gasteiger charge is -2.18. The molecule has 0 spiro atoms. The summed E-state index contributed by atoms with van der Waals surface area (Å²) >= 11 is 0. The number of ether oxygens (including phenoxy) is 2. The van der Waals surface area contributed by atoms with E-state index in [4.69, 9.17) is 9.47 Å². The molecule has 0 N–H and O–H groups in total. The fraction of sp³-hybridized carbons (Fsp3) is 0.400. The van der Waals surface area contributed by atoms with E-state index in [1.807, 2.05) is 30.3 Å². The summed E-state index contributed by atoms with van der Waals surface area (Å²) in [4.78, 5) is 35.2. The molecule has 0 bridgehead atoms. The van der Waals surface area contributed by atoms with Gasteiger partial charge in [0.25, 0.3) is 12.3 Å². The van der Waals surface area contributed by atoms with Gasteiger partial charge in [-0.2, -0.15) is 14.7 Å². The molecule has 1 unspecified atom stereocenters. The predicted octanol–water partition coefficient (Wildman–Crippen LogP) is 3.19. The Balaban J connectivity index is 2.01. The van der Waals surface area contributed by atoms with Crippen molar-refractivity contribution in [1.29, 1.82) is 0 Å². The fourth-order valence-electron chi connectivity index (χ4n) is 3.45. The fourth-order valence-corrected chi connectivity index (χ4v) is 3.45. The van der Waals surface area contributed by atoms with Crippen LogP contribution in [0.2, 0.25) is 0 Å². The first-order chi connectivity index (χ1) is 18.2. The largest absolute Gasteiger partial charge is 0.465 e. The number of aliphatic imine (C=N–C) groups is 1. The van der Waals surface area contributed by atoms with Crippen LogP contribution in [-0.4, -0.2) is 69.8 Å². The Labute approximate surface area is 217 Å². The normalized spacial score (nSPS) is 12.3. The van der Waals surface area contributed by atoms with Crippen molar-refractivity contribution in [3.63, 3.8) is 0 Å². The molecule has 0 saturated heterocycles. The number of carbonyl (C=O) groups excluding carboxylic acids is 1. The standard InChI is InChI=1S/C25H29F3N6O4/c1-5-33-20(14-37-13-17-9-7-6-8-10-17)31-34(25(33)36)19-11-16(2)21(23(35)29-15-32(3)4)24(30-19)38-18(12-26)22(27)28/h6-11,15,18,22H,5,12-14H2,1-4H3. The molecule has 2 heterocycles. The molecule has 1 aromatic carbocycles. The number of aromatic nitrogens is 4. The van der Waals surface area contributed by atoms with E-state index >= 15 is 0 Å². The Kier molecular flexibility index (Phi) is 9.77. The highest BCUT2D eigenvalue weighted by Gasteiger charge is 2.28. The lowest BCUT2D eigenvalue weighted by molar-refractivity contribution is -0.00398. The minimum atomic E-state index is -3.19. The van der Waals surface area contributed by atoms with Crippen molar-refractivity contribution in [2.45, 2.75) is 46.1 Å². The van der Waals surface area contributed by atoms with E-state index in [0.717, 1.165) is 10.2 Å². The summed E-state index contributed by atoms with van der Waals surface area (Å²) in [6, 6.07) is 10.8. The minimum absolute atomic E-state index is 0.0123. The summed E-state index contributed by atoms with van der Waals surface area (Å²) in [5.41, 5.74) is 0.359. The summed E-state index contributed by atoms with van der Waals surface area (Å²) < 4.78 is 53.0. The molecule has 0 aliphatic rings. The van der Waals surface area contributed by atoms with Crippen LogP contribution < -0.4 is 10.4 Å². The van der Waals surface area contributed by atoms with Crippen LogP contribution in [0.4, 0.5) is 13.2 Å². The van der Waals surface area contributed by atoms with Crippen LogP contribution in [0, 0.1) is 6.92 Å². The number of amides is 1. The Morgan fingerprint density at radius 2 is 1.92 bits per heavy atom. The van der Waals surface area contributed by atoms with Gasteiger partial charge in [-0.3, -0.25) is 9.36 Å². The third-order valence-corrected chi connectivity index (χ3v) is 5.30. The van der Waals surface area contributed by atoms with Crippen LogP contribution in [0.25, 0.3) is 5.82 Å². The molecule has 2 aromatic heterocycles. The van der Waals surface area contributed by atoms with Crippen LogP contribution in [0.5, 0.6) is 5.88 Å². The Bertz CT molecular complexity index is 1320. The van der Waals surface area contributed by atoms with Crippen molar-refractivity contribution >= 4 is 12.2 Å². The number of pyridine rings is 1. The van der Waals surface area contributed by atoms with Crippen molar-refractivity contribution in [3.8, 4) is 11.7 Å². The number of hydrogen-bond acceptors (Lipinski definition) is 6. The average molecular weight is 535 g/mol. The smallest absolute Gasteiger partial charge is 0.352 e. The lowest BCUT2D eigenvalue weighted by Crippen LogP contribution is -2.30. The monoisotopic (exact) mass is 534 g/mol. The van der Waals surface area contributed by atoms with Crippen molar-refractivity contribution in [3.05, 3.63) is 69.4 Å². The number of benzene rings is 1. The van der Waals surface area contributed by atoms with E-state index in [0.29, 0.717) is 12.4 Å². The highest BCUT2D eigenvalue weighted by molar-refractivity contribution is 6.01. The zero-order chi connectivity index (χ0) is 27.8. The molecule has 3 aromatic rings. The first kappa shape index (κ1) is 28.6. The number of carbonyl (C=O) groups is 1. The van der Waals surface area contributed by atoms with E-state index in [2.05, 4.69) is 15.1 Å². The van der Waals surface area contributed by atoms with Gasteiger partial charge < -0.3 is 14.4 Å². The van der Waals surface area contributed by atoms with Gasteiger partial charge in [0.05, 0.1) is 12.9 Å². The van der Waals surface area contributed by atoms with Crippen LogP contribution in [-0.2, 0) is 24.5 Å². The highest BCUT2D eigenvalue weighted by atomic mass is 19.3. The molecule has 0 aliphatic heterocycles. The first-order valence-corrected chi connectivity index (χ1v) is 11.7. The SMILES string of the molecule is CCn1c(COCc2ccccc2)nn(-c2cc(C)c(C(=O)N=CN(C)C)c(OC(CF)C(F)F)n2)c1=O. The van der Waals surface area contributed by atoms with Gasteiger partial charge in [-0.15, -0.1) is 5.10 Å². The minimum Gasteiger partial charge on any atom is -0.465 e. The molecule has 0 fully saturated rings. The number of nitrogens with zero attached hydrogens (tertiary/aromatic N) is 6. The number of aryl methyl sites for hydroxylation is 1. The molecule has 0 saturated carbocycles. The van der Waals surface area contributed by atoms with Gasteiger partial charge in [-0.1, -0.05) is 30.3 Å². The molecule has 3 rings (SSSR count). The average Bonchev–Trinajstić information content (AvgIpc) is 3.20. The lowest BCUT2D eigenvalue weighted by atomic mass is 10.1. The number of alkyl halides is 3. The number of halogens is 3. The predicted molar refractivity (Wildman–Crippen MR) is 134 cm³/mol. The zero-order valence-electron chi connectivity index (χ0n) is 21.5. The van der Waals surface area contributed by atoms with E-state index in [9.17, 15) is 22.8 Å². The third kappa shape index (κ3) is 6.85. The summed E-state index contributed by atoms with van der Waals surface area (Å²) in [6.45, 7) is 2.30. The molecule has 204 valence electrons. The molecule has 13 heteroatoms. The van der Waals surface area contributed by atoms with E-state index in [1.54, 1.807) is 21.0 Å². The second-order valence-corrected chi connectivity index (χ2v) is 8.47. The van der Waals surface area contributed by atoms with Gasteiger partial charge in [0.2, 0.25) is 5.88 Å². The summed E-state index contributed by atoms with van der Waals surface area (Å²) in [7, 11) is 3.27. The maximum Gasteiger partial charge on any atom is 0.352 e.